The van der Waals surface area contributed by atoms with E-state index in [1.54, 1.807) is 0 Å². The molecule has 0 radical (unpaired) electrons. The molecule has 2 aliphatic rings. The third-order valence-electron chi connectivity index (χ3n) is 5.25. The van der Waals surface area contributed by atoms with Gasteiger partial charge in [0.1, 0.15) is 6.54 Å². The number of aryl methyl sites for hydroxylation is 2. The minimum Gasteiger partial charge on any atom is -0.278 e. The van der Waals surface area contributed by atoms with Crippen LogP contribution in [0, 0.1) is 6.92 Å². The molecule has 0 fully saturated rings. The number of hydrogen-bond acceptors (Lipinski definition) is 5. The lowest BCUT2D eigenvalue weighted by molar-refractivity contribution is 0.563. The van der Waals surface area contributed by atoms with Gasteiger partial charge in [-0.3, -0.25) is 10.1 Å². The third-order valence-corrected chi connectivity index (χ3v) is 5.25. The van der Waals surface area contributed by atoms with Crippen LogP contribution in [-0.2, 0) is 18.3 Å². The van der Waals surface area contributed by atoms with Crippen LogP contribution in [-0.4, -0.2) is 27.4 Å². The molecule has 1 aliphatic carbocycles. The van der Waals surface area contributed by atoms with Crippen LogP contribution in [0.25, 0.3) is 11.3 Å². The maximum Gasteiger partial charge on any atom is 0.107 e. The molecule has 6 nitrogen and oxygen atoms in total. The second-order valence-electron chi connectivity index (χ2n) is 8.31. The van der Waals surface area contributed by atoms with Crippen molar-refractivity contribution in [1.82, 2.24) is 15.2 Å². The molecule has 2 aromatic heterocycles. The van der Waals surface area contributed by atoms with Crippen molar-refractivity contribution in [2.75, 3.05) is 6.54 Å². The van der Waals surface area contributed by atoms with Gasteiger partial charge in [-0.05, 0) is 49.0 Å². The topological polar surface area (TPSA) is 78.6 Å². The van der Waals surface area contributed by atoms with Gasteiger partial charge in [-0.15, -0.1) is 5.10 Å². The van der Waals surface area contributed by atoms with Crippen molar-refractivity contribution in [3.8, 4) is 11.3 Å². The lowest BCUT2D eigenvalue weighted by Gasteiger charge is -2.27. The molecule has 6 heteroatoms. The summed E-state index contributed by atoms with van der Waals surface area (Å²) in [7, 11) is 0. The number of hydrogen-bond donors (Lipinski definition) is 1. The maximum absolute atomic E-state index is 5.19. The molecule has 2 aromatic rings. The second-order valence-corrected chi connectivity index (χ2v) is 8.31. The summed E-state index contributed by atoms with van der Waals surface area (Å²) in [6.07, 6.45) is 7.64. The molecule has 0 aromatic carbocycles. The molecular formula is C20H26N6. The van der Waals surface area contributed by atoms with E-state index in [2.05, 4.69) is 53.3 Å². The molecule has 0 atom stereocenters. The van der Waals surface area contributed by atoms with Gasteiger partial charge in [0.2, 0.25) is 0 Å². The highest BCUT2D eigenvalue weighted by Gasteiger charge is 2.31. The smallest absolute Gasteiger partial charge is 0.107 e. The normalized spacial score (nSPS) is 17.2. The van der Waals surface area contributed by atoms with Crippen molar-refractivity contribution < 1.29 is 0 Å². The van der Waals surface area contributed by atoms with E-state index in [1.165, 1.54) is 36.1 Å². The van der Waals surface area contributed by atoms with Gasteiger partial charge in [0.15, 0.2) is 0 Å². The third kappa shape index (κ3) is 2.87. The zero-order valence-corrected chi connectivity index (χ0v) is 16.1. The van der Waals surface area contributed by atoms with Crippen LogP contribution in [0.3, 0.4) is 0 Å². The number of aromatic amines is 1. The monoisotopic (exact) mass is 350 g/mol. The van der Waals surface area contributed by atoms with Gasteiger partial charge >= 0.3 is 0 Å². The maximum atomic E-state index is 5.19. The van der Waals surface area contributed by atoms with E-state index in [1.807, 2.05) is 6.20 Å². The SMILES string of the molecule is Cc1cn[nH]c1-c1c2c(nc(C(C)(C)C)c1C1=NN=NC1)CCCCC2. The molecule has 0 amide bonds. The van der Waals surface area contributed by atoms with E-state index in [-0.39, 0.29) is 5.41 Å². The van der Waals surface area contributed by atoms with E-state index >= 15 is 0 Å². The summed E-state index contributed by atoms with van der Waals surface area (Å²) in [6.45, 7) is 9.28. The zero-order chi connectivity index (χ0) is 18.3. The Morgan fingerprint density at radius 1 is 1.04 bits per heavy atom. The van der Waals surface area contributed by atoms with E-state index in [0.717, 1.165) is 41.1 Å². The number of nitrogens with zero attached hydrogens (tertiary/aromatic N) is 5. The van der Waals surface area contributed by atoms with Crippen LogP contribution in [0.15, 0.2) is 21.6 Å². The molecule has 4 rings (SSSR count). The summed E-state index contributed by atoms with van der Waals surface area (Å²) < 4.78 is 0. The Morgan fingerprint density at radius 2 is 1.85 bits per heavy atom. The van der Waals surface area contributed by atoms with Crippen molar-refractivity contribution >= 4 is 5.71 Å². The lowest BCUT2D eigenvalue weighted by Crippen LogP contribution is -2.24. The Labute approximate surface area is 154 Å². The molecule has 136 valence electrons. The first-order chi connectivity index (χ1) is 12.5. The Balaban J connectivity index is 2.09. The average Bonchev–Trinajstić information content (AvgIpc) is 3.19. The summed E-state index contributed by atoms with van der Waals surface area (Å²) in [4.78, 5) is 5.19. The van der Waals surface area contributed by atoms with Crippen LogP contribution in [0.1, 0.15) is 68.1 Å². The van der Waals surface area contributed by atoms with Crippen molar-refractivity contribution in [2.24, 2.45) is 15.4 Å². The molecule has 0 spiro atoms. The van der Waals surface area contributed by atoms with Crippen LogP contribution in [0.4, 0.5) is 0 Å². The van der Waals surface area contributed by atoms with Gasteiger partial charge < -0.3 is 0 Å². The van der Waals surface area contributed by atoms with Crippen molar-refractivity contribution in [1.29, 1.82) is 0 Å². The number of H-pyrrole nitrogens is 1. The minimum absolute atomic E-state index is 0.0928. The summed E-state index contributed by atoms with van der Waals surface area (Å²) in [5.41, 5.74) is 9.08. The quantitative estimate of drug-likeness (QED) is 0.808. The molecule has 1 N–H and O–H groups in total. The van der Waals surface area contributed by atoms with Gasteiger partial charge in [0.25, 0.3) is 0 Å². The number of aromatic nitrogens is 3. The Bertz CT molecular complexity index is 898. The Hall–Kier alpha value is -2.37. The Kier molecular flexibility index (Phi) is 4.21. The van der Waals surface area contributed by atoms with Crippen LogP contribution < -0.4 is 0 Å². The van der Waals surface area contributed by atoms with E-state index < -0.39 is 0 Å². The van der Waals surface area contributed by atoms with Gasteiger partial charge in [-0.25, -0.2) is 0 Å². The standard InChI is InChI=1S/C20H26N6/c1-12-10-21-25-18(12)16-13-8-6-5-7-9-14(13)23-19(20(2,3)4)17(16)15-11-22-26-24-15/h10H,5-9,11H2,1-4H3,(H,21,25). The van der Waals surface area contributed by atoms with E-state index in [4.69, 9.17) is 4.98 Å². The highest BCUT2D eigenvalue weighted by atomic mass is 15.4. The highest BCUT2D eigenvalue weighted by molar-refractivity contribution is 6.09. The molecule has 0 unspecified atom stereocenters. The molecule has 3 heterocycles. The summed E-state index contributed by atoms with van der Waals surface area (Å²) in [5, 5.41) is 19.9. The highest BCUT2D eigenvalue weighted by Crippen LogP contribution is 2.39. The van der Waals surface area contributed by atoms with Crippen molar-refractivity contribution in [3.63, 3.8) is 0 Å². The minimum atomic E-state index is -0.0928. The van der Waals surface area contributed by atoms with E-state index in [9.17, 15) is 0 Å². The molecule has 0 bridgehead atoms. The molecule has 1 aliphatic heterocycles. The van der Waals surface area contributed by atoms with Crippen LogP contribution in [0.5, 0.6) is 0 Å². The zero-order valence-electron chi connectivity index (χ0n) is 16.1. The molecule has 26 heavy (non-hydrogen) atoms. The van der Waals surface area contributed by atoms with Crippen molar-refractivity contribution in [3.05, 3.63) is 34.3 Å². The Morgan fingerprint density at radius 3 is 2.50 bits per heavy atom. The predicted molar refractivity (Wildman–Crippen MR) is 103 cm³/mol. The fourth-order valence-electron chi connectivity index (χ4n) is 3.96. The summed E-state index contributed by atoms with van der Waals surface area (Å²) >= 11 is 0. The van der Waals surface area contributed by atoms with Gasteiger partial charge in [0, 0.05) is 22.2 Å². The molecular weight excluding hydrogens is 324 g/mol. The number of rotatable bonds is 2. The van der Waals surface area contributed by atoms with Gasteiger partial charge in [-0.2, -0.15) is 10.2 Å². The van der Waals surface area contributed by atoms with Crippen LogP contribution >= 0.6 is 0 Å². The van der Waals surface area contributed by atoms with Gasteiger partial charge in [0.05, 0.1) is 23.3 Å². The first kappa shape index (κ1) is 17.1. The number of nitrogens with one attached hydrogen (secondary N) is 1. The first-order valence-corrected chi connectivity index (χ1v) is 9.47. The average molecular weight is 350 g/mol. The van der Waals surface area contributed by atoms with Gasteiger partial charge in [-0.1, -0.05) is 27.2 Å². The largest absolute Gasteiger partial charge is 0.278 e. The number of pyridine rings is 1. The fraction of sp³-hybridized carbons (Fsp3) is 0.550. The number of fused-ring (bicyclic) bond motifs is 1. The second kappa shape index (κ2) is 6.41. The predicted octanol–water partition coefficient (Wildman–Crippen LogP) is 4.52. The van der Waals surface area contributed by atoms with Crippen LogP contribution in [0.2, 0.25) is 0 Å². The lowest BCUT2D eigenvalue weighted by atomic mass is 9.81. The first-order valence-electron chi connectivity index (χ1n) is 9.47. The molecule has 0 saturated carbocycles. The van der Waals surface area contributed by atoms with E-state index in [0.29, 0.717) is 6.54 Å². The molecule has 0 saturated heterocycles. The summed E-state index contributed by atoms with van der Waals surface area (Å²) in [6, 6.07) is 0. The van der Waals surface area contributed by atoms with Crippen molar-refractivity contribution in [2.45, 2.75) is 65.2 Å². The fourth-order valence-corrected chi connectivity index (χ4v) is 3.96. The summed E-state index contributed by atoms with van der Waals surface area (Å²) in [5.74, 6) is 0.